The van der Waals surface area contributed by atoms with Gasteiger partial charge in [-0.1, -0.05) is 40.2 Å². The summed E-state index contributed by atoms with van der Waals surface area (Å²) >= 11 is 3.46. The SMILES string of the molecule is C=CCN1C(=O)[C@@](O)(c2c(C)[nH]c3ccccc23)c2cc(Br)ccc21. The van der Waals surface area contributed by atoms with E-state index in [0.717, 1.165) is 21.1 Å². The Balaban J connectivity index is 2.06. The number of hydrogen-bond acceptors (Lipinski definition) is 2. The molecule has 0 bridgehead atoms. The zero-order chi connectivity index (χ0) is 17.8. The van der Waals surface area contributed by atoms with Crippen LogP contribution in [0.15, 0.2) is 59.6 Å². The van der Waals surface area contributed by atoms with Crippen LogP contribution in [-0.4, -0.2) is 22.5 Å². The number of carbonyl (C=O) groups is 1. The molecule has 2 aromatic carbocycles. The van der Waals surface area contributed by atoms with E-state index < -0.39 is 5.60 Å². The Morgan fingerprint density at radius 1 is 1.32 bits per heavy atom. The summed E-state index contributed by atoms with van der Waals surface area (Å²) in [6, 6.07) is 13.2. The number of carbonyl (C=O) groups excluding carboxylic acids is 1. The van der Waals surface area contributed by atoms with Gasteiger partial charge in [0.2, 0.25) is 0 Å². The van der Waals surface area contributed by atoms with Crippen LogP contribution in [-0.2, 0) is 10.4 Å². The summed E-state index contributed by atoms with van der Waals surface area (Å²) in [5.41, 5.74) is 1.85. The Labute approximate surface area is 153 Å². The predicted molar refractivity (Wildman–Crippen MR) is 103 cm³/mol. The van der Waals surface area contributed by atoms with Crippen LogP contribution in [0.2, 0.25) is 0 Å². The number of hydrogen-bond donors (Lipinski definition) is 2. The van der Waals surface area contributed by atoms with Crippen LogP contribution in [0.1, 0.15) is 16.8 Å². The fraction of sp³-hybridized carbons (Fsp3) is 0.150. The third-order valence-corrected chi connectivity index (χ3v) is 5.25. The quantitative estimate of drug-likeness (QED) is 0.657. The van der Waals surface area contributed by atoms with E-state index >= 15 is 0 Å². The minimum Gasteiger partial charge on any atom is -0.372 e. The van der Waals surface area contributed by atoms with E-state index in [1.54, 1.807) is 11.0 Å². The van der Waals surface area contributed by atoms with Crippen molar-refractivity contribution in [3.8, 4) is 0 Å². The van der Waals surface area contributed by atoms with Crippen LogP contribution in [0.5, 0.6) is 0 Å². The highest BCUT2D eigenvalue weighted by atomic mass is 79.9. The summed E-state index contributed by atoms with van der Waals surface area (Å²) in [7, 11) is 0. The van der Waals surface area contributed by atoms with Gasteiger partial charge in [-0.05, 0) is 31.2 Å². The van der Waals surface area contributed by atoms with Gasteiger partial charge in [0, 0.05) is 38.7 Å². The van der Waals surface area contributed by atoms with Gasteiger partial charge >= 0.3 is 0 Å². The van der Waals surface area contributed by atoms with E-state index in [-0.39, 0.29) is 5.91 Å². The topological polar surface area (TPSA) is 56.3 Å². The first-order valence-electron chi connectivity index (χ1n) is 8.01. The molecule has 2 N–H and O–H groups in total. The summed E-state index contributed by atoms with van der Waals surface area (Å²) in [4.78, 5) is 18.1. The van der Waals surface area contributed by atoms with Crippen LogP contribution in [0.25, 0.3) is 10.9 Å². The highest BCUT2D eigenvalue weighted by molar-refractivity contribution is 9.10. The van der Waals surface area contributed by atoms with Gasteiger partial charge in [-0.3, -0.25) is 4.79 Å². The number of nitrogens with one attached hydrogen (secondary N) is 1. The first kappa shape index (κ1) is 16.1. The molecule has 0 fully saturated rings. The van der Waals surface area contributed by atoms with Crippen molar-refractivity contribution in [3.63, 3.8) is 0 Å². The van der Waals surface area contributed by atoms with Crippen LogP contribution in [0.4, 0.5) is 5.69 Å². The van der Waals surface area contributed by atoms with Crippen LogP contribution in [0.3, 0.4) is 0 Å². The maximum Gasteiger partial charge on any atom is 0.268 e. The van der Waals surface area contributed by atoms with Crippen molar-refractivity contribution in [2.45, 2.75) is 12.5 Å². The van der Waals surface area contributed by atoms with Gasteiger partial charge < -0.3 is 15.0 Å². The smallest absolute Gasteiger partial charge is 0.268 e. The number of rotatable bonds is 3. The Kier molecular flexibility index (Phi) is 3.60. The first-order chi connectivity index (χ1) is 12.0. The number of amides is 1. The number of benzene rings is 2. The second-order valence-corrected chi connectivity index (χ2v) is 7.16. The Morgan fingerprint density at radius 2 is 2.08 bits per heavy atom. The fourth-order valence-corrected chi connectivity index (χ4v) is 4.11. The zero-order valence-electron chi connectivity index (χ0n) is 13.7. The van der Waals surface area contributed by atoms with E-state index in [9.17, 15) is 9.90 Å². The number of aromatic nitrogens is 1. The molecule has 4 rings (SSSR count). The predicted octanol–water partition coefficient (Wildman–Crippen LogP) is 4.01. The van der Waals surface area contributed by atoms with Gasteiger partial charge in [-0.2, -0.15) is 0 Å². The van der Waals surface area contributed by atoms with E-state index in [0.29, 0.717) is 23.4 Å². The monoisotopic (exact) mass is 396 g/mol. The van der Waals surface area contributed by atoms with Crippen molar-refractivity contribution in [2.24, 2.45) is 0 Å². The second kappa shape index (κ2) is 5.58. The van der Waals surface area contributed by atoms with Crippen LogP contribution in [0, 0.1) is 6.92 Å². The molecule has 126 valence electrons. The number of anilines is 1. The fourth-order valence-electron chi connectivity index (χ4n) is 3.75. The zero-order valence-corrected chi connectivity index (χ0v) is 15.3. The standard InChI is InChI=1S/C20H17BrN2O2/c1-3-10-23-17-9-8-13(21)11-15(17)20(25,19(23)24)18-12(2)22-16-7-5-4-6-14(16)18/h3-9,11,22,25H,1,10H2,2H3/t20-/m0/s1. The molecular weight excluding hydrogens is 380 g/mol. The number of aromatic amines is 1. The van der Waals surface area contributed by atoms with Crippen molar-refractivity contribution < 1.29 is 9.90 Å². The molecule has 25 heavy (non-hydrogen) atoms. The molecule has 1 aliphatic heterocycles. The molecule has 4 nitrogen and oxygen atoms in total. The molecule has 0 unspecified atom stereocenters. The highest BCUT2D eigenvalue weighted by Gasteiger charge is 2.52. The third kappa shape index (κ3) is 2.12. The summed E-state index contributed by atoms with van der Waals surface area (Å²) in [5, 5.41) is 12.6. The largest absolute Gasteiger partial charge is 0.372 e. The molecule has 5 heteroatoms. The van der Waals surface area contributed by atoms with E-state index in [2.05, 4.69) is 27.5 Å². The number of para-hydroxylation sites is 1. The molecule has 0 saturated heterocycles. The molecule has 0 spiro atoms. The van der Waals surface area contributed by atoms with E-state index in [1.165, 1.54) is 0 Å². The Hall–Kier alpha value is -2.37. The molecular formula is C20H17BrN2O2. The normalized spacial score (nSPS) is 19.5. The summed E-state index contributed by atoms with van der Waals surface area (Å²) < 4.78 is 0.815. The highest BCUT2D eigenvalue weighted by Crippen LogP contribution is 2.48. The molecule has 1 aliphatic rings. The van der Waals surface area contributed by atoms with E-state index in [1.807, 2.05) is 49.4 Å². The molecule has 2 heterocycles. The van der Waals surface area contributed by atoms with Crippen LogP contribution < -0.4 is 4.90 Å². The van der Waals surface area contributed by atoms with Gasteiger partial charge in [0.15, 0.2) is 5.60 Å². The summed E-state index contributed by atoms with van der Waals surface area (Å²) in [5.74, 6) is -0.353. The lowest BCUT2D eigenvalue weighted by atomic mass is 9.85. The minimum atomic E-state index is -1.73. The Morgan fingerprint density at radius 3 is 2.84 bits per heavy atom. The van der Waals surface area contributed by atoms with Crippen molar-refractivity contribution in [1.82, 2.24) is 4.98 Å². The average Bonchev–Trinajstić information content (AvgIpc) is 3.03. The molecule has 3 aromatic rings. The number of nitrogens with zero attached hydrogens (tertiary/aromatic N) is 1. The maximum atomic E-state index is 13.3. The van der Waals surface area contributed by atoms with Gasteiger partial charge in [-0.15, -0.1) is 6.58 Å². The van der Waals surface area contributed by atoms with Gasteiger partial charge in [0.05, 0.1) is 5.69 Å². The van der Waals surface area contributed by atoms with Crippen molar-refractivity contribution >= 4 is 38.4 Å². The number of halogens is 1. The maximum absolute atomic E-state index is 13.3. The van der Waals surface area contributed by atoms with Crippen molar-refractivity contribution in [3.05, 3.63) is 76.4 Å². The molecule has 0 saturated carbocycles. The minimum absolute atomic E-state index is 0.344. The Bertz CT molecular complexity index is 1020. The van der Waals surface area contributed by atoms with Gasteiger partial charge in [-0.25, -0.2) is 0 Å². The first-order valence-corrected chi connectivity index (χ1v) is 8.81. The molecule has 0 radical (unpaired) electrons. The van der Waals surface area contributed by atoms with E-state index in [4.69, 9.17) is 0 Å². The number of H-pyrrole nitrogens is 1. The number of fused-ring (bicyclic) bond motifs is 2. The van der Waals surface area contributed by atoms with Crippen molar-refractivity contribution in [1.29, 1.82) is 0 Å². The average molecular weight is 397 g/mol. The summed E-state index contributed by atoms with van der Waals surface area (Å²) in [6.45, 7) is 5.96. The van der Waals surface area contributed by atoms with Gasteiger partial charge in [0.1, 0.15) is 0 Å². The second-order valence-electron chi connectivity index (χ2n) is 6.25. The molecule has 1 amide bonds. The lowest BCUT2D eigenvalue weighted by molar-refractivity contribution is -0.132. The number of aliphatic hydroxyl groups is 1. The molecule has 0 aliphatic carbocycles. The molecule has 1 aromatic heterocycles. The summed E-state index contributed by atoms with van der Waals surface area (Å²) in [6.07, 6.45) is 1.66. The molecule has 1 atom stereocenters. The third-order valence-electron chi connectivity index (χ3n) is 4.76. The van der Waals surface area contributed by atoms with Crippen molar-refractivity contribution in [2.75, 3.05) is 11.4 Å². The van der Waals surface area contributed by atoms with Crippen LogP contribution >= 0.6 is 15.9 Å². The van der Waals surface area contributed by atoms with Gasteiger partial charge in [0.25, 0.3) is 5.91 Å². The lowest BCUT2D eigenvalue weighted by Gasteiger charge is -2.23. The lowest BCUT2D eigenvalue weighted by Crippen LogP contribution is -2.41. The number of aryl methyl sites for hydroxylation is 1.